The number of benzene rings is 2. The van der Waals surface area contributed by atoms with Crippen molar-refractivity contribution in [3.05, 3.63) is 48.0 Å². The van der Waals surface area contributed by atoms with E-state index in [4.69, 9.17) is 0 Å². The number of nitrogens with one attached hydrogen (secondary N) is 1. The second kappa shape index (κ2) is 6.40. The molecule has 26 heavy (non-hydrogen) atoms. The Balaban J connectivity index is 1.86. The van der Waals surface area contributed by atoms with Crippen LogP contribution in [0.2, 0.25) is 0 Å². The summed E-state index contributed by atoms with van der Waals surface area (Å²) in [4.78, 5) is 13.4. The number of anilines is 2. The van der Waals surface area contributed by atoms with Gasteiger partial charge in [0, 0.05) is 31.1 Å². The van der Waals surface area contributed by atoms with E-state index in [2.05, 4.69) is 4.72 Å². The van der Waals surface area contributed by atoms with Crippen LogP contribution in [0, 0.1) is 0 Å². The maximum absolute atomic E-state index is 12.6. The number of rotatable bonds is 4. The minimum atomic E-state index is -3.82. The molecular formula is C17H18N2O5S2. The van der Waals surface area contributed by atoms with Gasteiger partial charge in [0.1, 0.15) is 0 Å². The van der Waals surface area contributed by atoms with Crippen LogP contribution in [-0.2, 0) is 31.1 Å². The van der Waals surface area contributed by atoms with Crippen LogP contribution in [0.25, 0.3) is 0 Å². The van der Waals surface area contributed by atoms with E-state index >= 15 is 0 Å². The molecule has 3 rings (SSSR count). The van der Waals surface area contributed by atoms with Crippen LogP contribution in [0.15, 0.2) is 52.3 Å². The van der Waals surface area contributed by atoms with Gasteiger partial charge in [-0.1, -0.05) is 0 Å². The zero-order chi connectivity index (χ0) is 19.1. The lowest BCUT2D eigenvalue weighted by molar-refractivity contribution is -0.116. The lowest BCUT2D eigenvalue weighted by atomic mass is 10.2. The zero-order valence-corrected chi connectivity index (χ0v) is 15.9. The quantitative estimate of drug-likeness (QED) is 0.852. The largest absolute Gasteiger partial charge is 0.312 e. The van der Waals surface area contributed by atoms with Crippen LogP contribution in [0.3, 0.4) is 0 Å². The van der Waals surface area contributed by atoms with Crippen LogP contribution in [0.1, 0.15) is 12.5 Å². The van der Waals surface area contributed by atoms with Gasteiger partial charge in [-0.3, -0.25) is 9.52 Å². The maximum Gasteiger partial charge on any atom is 0.261 e. The predicted octanol–water partition coefficient (Wildman–Crippen LogP) is 1.80. The maximum atomic E-state index is 12.6. The second-order valence-electron chi connectivity index (χ2n) is 6.11. The molecule has 1 heterocycles. The van der Waals surface area contributed by atoms with Gasteiger partial charge in [-0.15, -0.1) is 0 Å². The summed E-state index contributed by atoms with van der Waals surface area (Å²) in [6.45, 7) is 2.01. The molecule has 0 bridgehead atoms. The average Bonchev–Trinajstić information content (AvgIpc) is 2.97. The summed E-state index contributed by atoms with van der Waals surface area (Å²) in [5.41, 5.74) is 1.80. The van der Waals surface area contributed by atoms with E-state index in [1.165, 1.54) is 37.3 Å². The van der Waals surface area contributed by atoms with Gasteiger partial charge >= 0.3 is 0 Å². The summed E-state index contributed by atoms with van der Waals surface area (Å²) in [7, 11) is -7.17. The molecule has 9 heteroatoms. The molecule has 138 valence electrons. The highest BCUT2D eigenvalue weighted by Gasteiger charge is 2.24. The highest BCUT2D eigenvalue weighted by Crippen LogP contribution is 2.30. The Bertz CT molecular complexity index is 1070. The number of nitrogens with zero attached hydrogens (tertiary/aromatic N) is 1. The zero-order valence-electron chi connectivity index (χ0n) is 14.3. The van der Waals surface area contributed by atoms with Crippen LogP contribution >= 0.6 is 0 Å². The highest BCUT2D eigenvalue weighted by molar-refractivity contribution is 7.92. The minimum Gasteiger partial charge on any atom is -0.312 e. The van der Waals surface area contributed by atoms with Crippen molar-refractivity contribution in [1.82, 2.24) is 0 Å². The Morgan fingerprint density at radius 2 is 1.62 bits per heavy atom. The summed E-state index contributed by atoms with van der Waals surface area (Å²) in [6.07, 6.45) is 1.68. The van der Waals surface area contributed by atoms with Crippen LogP contribution in [0.5, 0.6) is 0 Å². The van der Waals surface area contributed by atoms with E-state index in [-0.39, 0.29) is 21.4 Å². The normalized spacial score (nSPS) is 14.2. The molecule has 2 aromatic rings. The number of carbonyl (C=O) groups excluding carboxylic acids is 1. The summed E-state index contributed by atoms with van der Waals surface area (Å²) < 4.78 is 50.5. The minimum absolute atomic E-state index is 0.0801. The molecule has 0 saturated carbocycles. The van der Waals surface area contributed by atoms with Gasteiger partial charge in [-0.05, 0) is 54.4 Å². The van der Waals surface area contributed by atoms with Crippen molar-refractivity contribution in [1.29, 1.82) is 0 Å². The van der Waals surface area contributed by atoms with Crippen LogP contribution in [-0.4, -0.2) is 35.5 Å². The van der Waals surface area contributed by atoms with Crippen LogP contribution < -0.4 is 9.62 Å². The number of sulfone groups is 1. The third kappa shape index (κ3) is 3.58. The Hall–Kier alpha value is -2.39. The molecule has 0 atom stereocenters. The molecule has 1 aliphatic heterocycles. The van der Waals surface area contributed by atoms with Crippen molar-refractivity contribution in [2.75, 3.05) is 22.4 Å². The van der Waals surface area contributed by atoms with Crippen molar-refractivity contribution in [2.24, 2.45) is 0 Å². The van der Waals surface area contributed by atoms with Crippen LogP contribution in [0.4, 0.5) is 11.4 Å². The molecule has 0 unspecified atom stereocenters. The lowest BCUT2D eigenvalue weighted by Crippen LogP contribution is -2.25. The van der Waals surface area contributed by atoms with E-state index in [1.807, 2.05) is 0 Å². The fourth-order valence-electron chi connectivity index (χ4n) is 2.86. The number of sulfonamides is 1. The molecule has 0 aromatic heterocycles. The molecule has 1 aliphatic rings. The molecule has 0 radical (unpaired) electrons. The number of amides is 1. The van der Waals surface area contributed by atoms with Gasteiger partial charge in [0.05, 0.1) is 9.79 Å². The highest BCUT2D eigenvalue weighted by atomic mass is 32.2. The number of hydrogen-bond acceptors (Lipinski definition) is 5. The van der Waals surface area contributed by atoms with Crippen molar-refractivity contribution in [2.45, 2.75) is 23.1 Å². The molecule has 0 spiro atoms. The van der Waals surface area contributed by atoms with Crippen molar-refractivity contribution in [3.63, 3.8) is 0 Å². The van der Waals surface area contributed by atoms with Gasteiger partial charge in [0.15, 0.2) is 9.84 Å². The molecule has 1 amide bonds. The van der Waals surface area contributed by atoms with Gasteiger partial charge in [-0.2, -0.15) is 0 Å². The Morgan fingerprint density at radius 1 is 1.00 bits per heavy atom. The first-order valence-corrected chi connectivity index (χ1v) is 11.2. The Kier molecular flexibility index (Phi) is 4.53. The monoisotopic (exact) mass is 394 g/mol. The van der Waals surface area contributed by atoms with E-state index in [0.29, 0.717) is 13.0 Å². The van der Waals surface area contributed by atoms with Gasteiger partial charge in [0.2, 0.25) is 5.91 Å². The van der Waals surface area contributed by atoms with Crippen molar-refractivity contribution >= 4 is 37.1 Å². The molecule has 1 N–H and O–H groups in total. The number of fused-ring (bicyclic) bond motifs is 1. The standard InChI is InChI=1S/C17H18N2O5S2/c1-12(20)19-10-9-13-11-16(7-8-17(13)19)26(23,24)18-14-3-5-15(6-4-14)25(2,21)22/h3-8,11,18H,9-10H2,1-2H3. The summed E-state index contributed by atoms with van der Waals surface area (Å²) in [6, 6.07) is 10.1. The third-order valence-corrected chi connectivity index (χ3v) is 6.68. The van der Waals surface area contributed by atoms with E-state index in [1.54, 1.807) is 17.0 Å². The van der Waals surface area contributed by atoms with Gasteiger partial charge in [0.25, 0.3) is 10.0 Å². The second-order valence-corrected chi connectivity index (χ2v) is 9.81. The average molecular weight is 394 g/mol. The SMILES string of the molecule is CC(=O)N1CCc2cc(S(=O)(=O)Nc3ccc(S(C)(=O)=O)cc3)ccc21. The first-order valence-electron chi connectivity index (χ1n) is 7.82. The van der Waals surface area contributed by atoms with E-state index < -0.39 is 19.9 Å². The fourth-order valence-corrected chi connectivity index (χ4v) is 4.60. The predicted molar refractivity (Wildman–Crippen MR) is 98.5 cm³/mol. The summed E-state index contributed by atoms with van der Waals surface area (Å²) in [5, 5.41) is 0. The van der Waals surface area contributed by atoms with Crippen molar-refractivity contribution in [3.8, 4) is 0 Å². The molecule has 2 aromatic carbocycles. The molecule has 0 fully saturated rings. The fraction of sp³-hybridized carbons (Fsp3) is 0.235. The Labute approximate surface area is 152 Å². The van der Waals surface area contributed by atoms with Gasteiger partial charge in [-0.25, -0.2) is 16.8 Å². The number of carbonyl (C=O) groups is 1. The smallest absolute Gasteiger partial charge is 0.261 e. The lowest BCUT2D eigenvalue weighted by Gasteiger charge is -2.15. The third-order valence-electron chi connectivity index (χ3n) is 4.17. The molecule has 0 saturated heterocycles. The van der Waals surface area contributed by atoms with Crippen molar-refractivity contribution < 1.29 is 21.6 Å². The van der Waals surface area contributed by atoms with E-state index in [0.717, 1.165) is 17.5 Å². The molecule has 0 aliphatic carbocycles. The van der Waals surface area contributed by atoms with E-state index in [9.17, 15) is 21.6 Å². The Morgan fingerprint density at radius 3 is 2.19 bits per heavy atom. The topological polar surface area (TPSA) is 101 Å². The van der Waals surface area contributed by atoms with Gasteiger partial charge < -0.3 is 4.90 Å². The number of hydrogen-bond donors (Lipinski definition) is 1. The molecule has 7 nitrogen and oxygen atoms in total. The summed E-state index contributed by atoms with van der Waals surface area (Å²) >= 11 is 0. The summed E-state index contributed by atoms with van der Waals surface area (Å²) in [5.74, 6) is -0.0801. The first kappa shape index (κ1) is 18.4. The molecular weight excluding hydrogens is 376 g/mol. The first-order chi connectivity index (χ1) is 12.1.